The minimum absolute atomic E-state index is 0.291. The molecule has 0 spiro atoms. The molecule has 15 heavy (non-hydrogen) atoms. The van der Waals surface area contributed by atoms with E-state index < -0.39 is 4.92 Å². The molecule has 0 aliphatic heterocycles. The highest BCUT2D eigenvalue weighted by Gasteiger charge is 2.22. The second-order valence-corrected chi connectivity index (χ2v) is 3.03. The monoisotopic (exact) mass is 205 g/mol. The smallest absolute Gasteiger partial charge is 0.358 e. The van der Waals surface area contributed by atoms with E-state index in [2.05, 4.69) is 5.10 Å². The van der Waals surface area contributed by atoms with E-state index in [9.17, 15) is 14.9 Å². The summed E-state index contributed by atoms with van der Waals surface area (Å²) >= 11 is 0. The Morgan fingerprint density at radius 1 is 1.47 bits per heavy atom. The van der Waals surface area contributed by atoms with Gasteiger partial charge in [0.05, 0.1) is 5.10 Å². The number of fused-ring (bicyclic) bond motifs is 1. The molecule has 6 nitrogen and oxygen atoms in total. The van der Waals surface area contributed by atoms with Crippen molar-refractivity contribution in [1.82, 2.24) is 9.78 Å². The standard InChI is InChI=1S/C9H7N3O3/c1-6(13)11-8-5-3-2-4-7(8)9(10-11)12(14)15/h2-5H,1H3. The zero-order chi connectivity index (χ0) is 11.0. The molecule has 2 aromatic rings. The normalized spacial score (nSPS) is 10.5. The van der Waals surface area contributed by atoms with Crippen LogP contribution in [0.15, 0.2) is 24.3 Å². The lowest BCUT2D eigenvalue weighted by molar-refractivity contribution is -0.388. The summed E-state index contributed by atoms with van der Waals surface area (Å²) in [4.78, 5) is 21.2. The average Bonchev–Trinajstić information content (AvgIpc) is 2.56. The number of nitro groups is 1. The number of rotatable bonds is 1. The van der Waals surface area contributed by atoms with E-state index in [0.29, 0.717) is 10.9 Å². The third-order valence-electron chi connectivity index (χ3n) is 2.04. The molecule has 0 atom stereocenters. The Morgan fingerprint density at radius 2 is 2.13 bits per heavy atom. The zero-order valence-electron chi connectivity index (χ0n) is 7.88. The predicted octanol–water partition coefficient (Wildman–Crippen LogP) is 1.60. The van der Waals surface area contributed by atoms with E-state index in [4.69, 9.17) is 0 Å². The molecule has 1 heterocycles. The van der Waals surface area contributed by atoms with Gasteiger partial charge in [-0.2, -0.15) is 0 Å². The van der Waals surface area contributed by atoms with Crippen molar-refractivity contribution in [2.24, 2.45) is 0 Å². The Labute approximate surface area is 84.3 Å². The number of hydrogen-bond donors (Lipinski definition) is 0. The highest BCUT2D eigenvalue weighted by Crippen LogP contribution is 2.23. The van der Waals surface area contributed by atoms with E-state index in [-0.39, 0.29) is 11.7 Å². The van der Waals surface area contributed by atoms with Gasteiger partial charge in [0.25, 0.3) is 5.91 Å². The molecule has 0 saturated carbocycles. The van der Waals surface area contributed by atoms with E-state index in [1.165, 1.54) is 6.92 Å². The molecular weight excluding hydrogens is 198 g/mol. The van der Waals surface area contributed by atoms with Crippen molar-refractivity contribution in [3.05, 3.63) is 34.4 Å². The summed E-state index contributed by atoms with van der Waals surface area (Å²) in [6.07, 6.45) is 0. The quantitative estimate of drug-likeness (QED) is 0.523. The van der Waals surface area contributed by atoms with Gasteiger partial charge >= 0.3 is 5.82 Å². The lowest BCUT2D eigenvalue weighted by Crippen LogP contribution is -2.07. The summed E-state index contributed by atoms with van der Waals surface area (Å²) in [6.45, 7) is 1.31. The van der Waals surface area contributed by atoms with Crippen LogP contribution in [0.3, 0.4) is 0 Å². The first kappa shape index (κ1) is 9.32. The fourth-order valence-electron chi connectivity index (χ4n) is 1.42. The molecule has 0 N–H and O–H groups in total. The molecule has 0 amide bonds. The van der Waals surface area contributed by atoms with Crippen LogP contribution < -0.4 is 0 Å². The molecule has 0 unspecified atom stereocenters. The van der Waals surface area contributed by atoms with Gasteiger partial charge in [0.2, 0.25) is 0 Å². The highest BCUT2D eigenvalue weighted by molar-refractivity contribution is 5.94. The van der Waals surface area contributed by atoms with Gasteiger partial charge in [0.15, 0.2) is 0 Å². The fourth-order valence-corrected chi connectivity index (χ4v) is 1.42. The van der Waals surface area contributed by atoms with Gasteiger partial charge < -0.3 is 10.1 Å². The summed E-state index contributed by atoms with van der Waals surface area (Å²) < 4.78 is 1.04. The van der Waals surface area contributed by atoms with E-state index in [1.807, 2.05) is 0 Å². The summed E-state index contributed by atoms with van der Waals surface area (Å²) in [6, 6.07) is 6.56. The van der Waals surface area contributed by atoms with Crippen LogP contribution in [0.4, 0.5) is 5.82 Å². The van der Waals surface area contributed by atoms with Crippen molar-refractivity contribution in [1.29, 1.82) is 0 Å². The minimum atomic E-state index is -0.595. The third-order valence-corrected chi connectivity index (χ3v) is 2.04. The van der Waals surface area contributed by atoms with E-state index in [0.717, 1.165) is 4.68 Å². The fraction of sp³-hybridized carbons (Fsp3) is 0.111. The molecular formula is C9H7N3O3. The summed E-state index contributed by atoms with van der Waals surface area (Å²) in [7, 11) is 0. The Kier molecular flexibility index (Phi) is 1.96. The van der Waals surface area contributed by atoms with Crippen LogP contribution >= 0.6 is 0 Å². The van der Waals surface area contributed by atoms with Crippen molar-refractivity contribution in [2.45, 2.75) is 6.92 Å². The lowest BCUT2D eigenvalue weighted by atomic mass is 10.2. The highest BCUT2D eigenvalue weighted by atomic mass is 16.6. The van der Waals surface area contributed by atoms with Crippen LogP contribution in [-0.2, 0) is 0 Å². The molecule has 2 rings (SSSR count). The van der Waals surface area contributed by atoms with Crippen molar-refractivity contribution in [3.63, 3.8) is 0 Å². The van der Waals surface area contributed by atoms with Crippen LogP contribution in [-0.4, -0.2) is 20.6 Å². The van der Waals surface area contributed by atoms with Gasteiger partial charge in [-0.05, 0) is 17.1 Å². The SMILES string of the molecule is CC(=O)n1nc([N+](=O)[O-])c2ccccc21. The number of para-hydroxylation sites is 1. The number of hydrogen-bond acceptors (Lipinski definition) is 4. The van der Waals surface area contributed by atoms with Crippen LogP contribution in [0.25, 0.3) is 10.9 Å². The minimum Gasteiger partial charge on any atom is -0.358 e. The largest absolute Gasteiger partial charge is 0.398 e. The molecule has 0 fully saturated rings. The van der Waals surface area contributed by atoms with Crippen molar-refractivity contribution < 1.29 is 9.72 Å². The molecule has 0 radical (unpaired) electrons. The van der Waals surface area contributed by atoms with Gasteiger partial charge in [-0.1, -0.05) is 12.1 Å². The molecule has 1 aromatic carbocycles. The van der Waals surface area contributed by atoms with Crippen LogP contribution in [0.5, 0.6) is 0 Å². The van der Waals surface area contributed by atoms with Crippen molar-refractivity contribution in [2.75, 3.05) is 0 Å². The molecule has 0 aliphatic rings. The Hall–Kier alpha value is -2.24. The maximum atomic E-state index is 11.2. The first-order valence-electron chi connectivity index (χ1n) is 4.24. The predicted molar refractivity (Wildman–Crippen MR) is 52.7 cm³/mol. The first-order chi connectivity index (χ1) is 7.11. The number of aromatic nitrogens is 2. The number of carbonyl (C=O) groups is 1. The Balaban J connectivity index is 2.85. The molecule has 76 valence electrons. The van der Waals surface area contributed by atoms with Crippen molar-refractivity contribution in [3.8, 4) is 0 Å². The van der Waals surface area contributed by atoms with E-state index in [1.54, 1.807) is 24.3 Å². The maximum absolute atomic E-state index is 11.2. The summed E-state index contributed by atoms with van der Waals surface area (Å²) in [5.41, 5.74) is 0.455. The zero-order valence-corrected chi connectivity index (χ0v) is 7.88. The number of nitrogens with zero attached hydrogens (tertiary/aromatic N) is 3. The van der Waals surface area contributed by atoms with Crippen LogP contribution in [0.1, 0.15) is 11.7 Å². The van der Waals surface area contributed by atoms with E-state index >= 15 is 0 Å². The third kappa shape index (κ3) is 1.35. The summed E-state index contributed by atoms with van der Waals surface area (Å²) in [5.74, 6) is -0.639. The maximum Gasteiger partial charge on any atom is 0.398 e. The summed E-state index contributed by atoms with van der Waals surface area (Å²) in [5, 5.41) is 14.7. The van der Waals surface area contributed by atoms with Crippen LogP contribution in [0.2, 0.25) is 0 Å². The molecule has 0 bridgehead atoms. The second-order valence-electron chi connectivity index (χ2n) is 3.03. The molecule has 1 aromatic heterocycles. The Bertz CT molecular complexity index is 511. The molecule has 0 saturated heterocycles. The van der Waals surface area contributed by atoms with Gasteiger partial charge in [-0.3, -0.25) is 4.79 Å². The second kappa shape index (κ2) is 3.16. The number of benzene rings is 1. The van der Waals surface area contributed by atoms with Gasteiger partial charge in [0, 0.05) is 6.92 Å². The molecule has 6 heteroatoms. The van der Waals surface area contributed by atoms with Gasteiger partial charge in [0.1, 0.15) is 10.9 Å². The van der Waals surface area contributed by atoms with Gasteiger partial charge in [-0.15, -0.1) is 4.68 Å². The van der Waals surface area contributed by atoms with Crippen LogP contribution in [0, 0.1) is 10.1 Å². The molecule has 0 aliphatic carbocycles. The van der Waals surface area contributed by atoms with Gasteiger partial charge in [-0.25, -0.2) is 0 Å². The Morgan fingerprint density at radius 3 is 2.73 bits per heavy atom. The number of carbonyl (C=O) groups excluding carboxylic acids is 1. The average molecular weight is 205 g/mol. The first-order valence-corrected chi connectivity index (χ1v) is 4.24. The topological polar surface area (TPSA) is 78.0 Å². The van der Waals surface area contributed by atoms with Crippen molar-refractivity contribution >= 4 is 22.6 Å². The lowest BCUT2D eigenvalue weighted by Gasteiger charge is -1.89.